The van der Waals surface area contributed by atoms with Crippen LogP contribution in [0.1, 0.15) is 85.0 Å². The molecule has 6 N–H and O–H groups in total. The molecule has 7 aliphatic rings. The first kappa shape index (κ1) is 35.9. The van der Waals surface area contributed by atoms with Crippen LogP contribution < -0.4 is 0 Å². The molecule has 0 aromatic heterocycles. The maximum Gasteiger partial charge on any atom is 0.331 e. The minimum absolute atomic E-state index is 0.0126. The molecule has 2 bridgehead atoms. The highest BCUT2D eigenvalue weighted by molar-refractivity contribution is 5.94. The second-order valence-electron chi connectivity index (χ2n) is 16.6. The predicted octanol–water partition coefficient (Wildman–Crippen LogP) is 0.880. The Hall–Kier alpha value is -1.52. The number of hydrogen-bond donors (Lipinski definition) is 6. The number of ketones is 1. The average molecular weight is 695 g/mol. The largest absolute Gasteiger partial charge is 0.458 e. The van der Waals surface area contributed by atoms with Gasteiger partial charge in [-0.2, -0.15) is 0 Å². The Balaban J connectivity index is 1.00. The fraction of sp³-hybridized carbons (Fsp3) is 0.889. The van der Waals surface area contributed by atoms with Gasteiger partial charge >= 0.3 is 5.97 Å². The van der Waals surface area contributed by atoms with Crippen LogP contribution >= 0.6 is 0 Å². The summed E-state index contributed by atoms with van der Waals surface area (Å²) in [5.74, 6) is -0.416. The number of fused-ring (bicyclic) bond motifs is 3. The SMILES string of the molecule is C[C@H]1O[C@@H](O[C@H]2CC[C@]3(C)C4CC[C@@]5(C)C(=O)[C@]4(CC[C@@H]5C4=CC(=O)OC4)CC[C@]3(O)C2)C[C@@H](CO)[C@@H]1O[C@@H]1O[C@H](CO)[C@@H](O)[C@H](O)[C@H]1O. The van der Waals surface area contributed by atoms with E-state index in [0.29, 0.717) is 37.9 Å². The number of aliphatic hydroxyl groups is 6. The summed E-state index contributed by atoms with van der Waals surface area (Å²) in [6, 6.07) is 0. The summed E-state index contributed by atoms with van der Waals surface area (Å²) in [7, 11) is 0. The molecule has 1 spiro atoms. The quantitative estimate of drug-likeness (QED) is 0.162. The maximum atomic E-state index is 14.5. The molecule has 3 aliphatic heterocycles. The number of ether oxygens (including phenoxy) is 5. The van der Waals surface area contributed by atoms with Crippen molar-refractivity contribution < 1.29 is 63.9 Å². The number of aliphatic hydroxyl groups excluding tert-OH is 5. The van der Waals surface area contributed by atoms with E-state index in [1.165, 1.54) is 0 Å². The second-order valence-corrected chi connectivity index (χ2v) is 16.6. The predicted molar refractivity (Wildman–Crippen MR) is 169 cm³/mol. The van der Waals surface area contributed by atoms with E-state index < -0.39 is 83.6 Å². The molecule has 7 rings (SSSR count). The molecular weight excluding hydrogens is 640 g/mol. The Kier molecular flexibility index (Phi) is 9.41. The standard InChI is InChI=1S/C36H54O13/c1-18-30(49-31-29(42)28(41)27(40)23(16-38)48-31)19(15-37)13-26(46-18)47-21-4-8-34(3)24-6-7-33(2)22(20-12-25(39)45-17-20)5-9-35(24,32(33)43)10-11-36(34,44)14-21/h12,18-19,21-24,26-31,37-38,40-42,44H,4-11,13-17H2,1-3H3/t18-,19+,21+,22-,23-,24?,26+,27-,28+,29-,30-,31+,33-,34-,35-,36+/m1/s1. The van der Waals surface area contributed by atoms with E-state index in [9.17, 15) is 40.2 Å². The van der Waals surface area contributed by atoms with Gasteiger partial charge in [-0.1, -0.05) is 13.8 Å². The third-order valence-corrected chi connectivity index (χ3v) is 14.2. The van der Waals surface area contributed by atoms with Crippen LogP contribution in [-0.4, -0.2) is 123 Å². The minimum Gasteiger partial charge on any atom is -0.458 e. The molecule has 1 unspecified atom stereocenters. The monoisotopic (exact) mass is 694 g/mol. The van der Waals surface area contributed by atoms with Gasteiger partial charge in [-0.05, 0) is 75.7 Å². The second kappa shape index (κ2) is 12.9. The van der Waals surface area contributed by atoms with Crippen LogP contribution in [0.5, 0.6) is 0 Å². The fourth-order valence-electron chi connectivity index (χ4n) is 11.4. The lowest BCUT2D eigenvalue weighted by Crippen LogP contribution is -2.69. The molecule has 13 heteroatoms. The van der Waals surface area contributed by atoms with Gasteiger partial charge in [0.25, 0.3) is 0 Å². The highest BCUT2D eigenvalue weighted by Gasteiger charge is 2.71. The fourth-order valence-corrected chi connectivity index (χ4v) is 11.4. The Labute approximate surface area is 286 Å². The number of cyclic esters (lactones) is 1. The first-order chi connectivity index (χ1) is 23.2. The Morgan fingerprint density at radius 2 is 1.67 bits per heavy atom. The van der Waals surface area contributed by atoms with Crippen molar-refractivity contribution in [2.75, 3.05) is 19.8 Å². The summed E-state index contributed by atoms with van der Waals surface area (Å²) in [5.41, 5.74) is -1.55. The van der Waals surface area contributed by atoms with E-state index in [1.54, 1.807) is 13.0 Å². The highest BCUT2D eigenvalue weighted by atomic mass is 16.7. The molecule has 0 aromatic carbocycles. The van der Waals surface area contributed by atoms with Crippen LogP contribution in [0.2, 0.25) is 0 Å². The number of carbonyl (C=O) groups excluding carboxylic acids is 2. The molecule has 0 aromatic rings. The first-order valence-electron chi connectivity index (χ1n) is 18.2. The van der Waals surface area contributed by atoms with Gasteiger partial charge in [0.2, 0.25) is 0 Å². The zero-order chi connectivity index (χ0) is 35.1. The Morgan fingerprint density at radius 3 is 2.37 bits per heavy atom. The molecule has 13 nitrogen and oxygen atoms in total. The maximum absolute atomic E-state index is 14.5. The summed E-state index contributed by atoms with van der Waals surface area (Å²) >= 11 is 0. The molecule has 3 heterocycles. The number of esters is 1. The summed E-state index contributed by atoms with van der Waals surface area (Å²) in [5, 5.41) is 63.1. The van der Waals surface area contributed by atoms with E-state index in [4.69, 9.17) is 23.7 Å². The van der Waals surface area contributed by atoms with Crippen molar-refractivity contribution in [1.29, 1.82) is 0 Å². The summed E-state index contributed by atoms with van der Waals surface area (Å²) in [4.78, 5) is 26.4. The third kappa shape index (κ3) is 5.57. The molecular formula is C36H54O13. The van der Waals surface area contributed by atoms with Gasteiger partial charge < -0.3 is 54.3 Å². The number of hydrogen-bond acceptors (Lipinski definition) is 13. The van der Waals surface area contributed by atoms with Crippen molar-refractivity contribution in [2.45, 2.75) is 146 Å². The molecule has 4 saturated carbocycles. The van der Waals surface area contributed by atoms with E-state index >= 15 is 0 Å². The normalized spacial score (nSPS) is 53.0. The van der Waals surface area contributed by atoms with E-state index in [0.717, 1.165) is 31.3 Å². The van der Waals surface area contributed by atoms with E-state index in [2.05, 4.69) is 13.8 Å². The molecule has 4 aliphatic carbocycles. The summed E-state index contributed by atoms with van der Waals surface area (Å²) < 4.78 is 29.5. The van der Waals surface area contributed by atoms with Crippen LogP contribution in [0, 0.1) is 34.0 Å². The van der Waals surface area contributed by atoms with Gasteiger partial charge in [0.05, 0.1) is 30.5 Å². The van der Waals surface area contributed by atoms with Gasteiger partial charge in [-0.3, -0.25) is 4.79 Å². The van der Waals surface area contributed by atoms with Crippen molar-refractivity contribution in [2.24, 2.45) is 34.0 Å². The molecule has 16 atom stereocenters. The number of rotatable bonds is 7. The lowest BCUT2D eigenvalue weighted by atomic mass is 9.36. The van der Waals surface area contributed by atoms with Crippen LogP contribution in [0.25, 0.3) is 0 Å². The average Bonchev–Trinajstić information content (AvgIpc) is 3.49. The van der Waals surface area contributed by atoms with Crippen molar-refractivity contribution in [3.63, 3.8) is 0 Å². The number of Topliss-reactive ketones (excluding diaryl/α,β-unsaturated/α-hetero) is 1. The summed E-state index contributed by atoms with van der Waals surface area (Å²) in [6.45, 7) is 5.44. The van der Waals surface area contributed by atoms with Crippen molar-refractivity contribution in [3.8, 4) is 0 Å². The molecule has 6 fully saturated rings. The Morgan fingerprint density at radius 1 is 0.898 bits per heavy atom. The van der Waals surface area contributed by atoms with Gasteiger partial charge in [0.15, 0.2) is 12.6 Å². The van der Waals surface area contributed by atoms with Gasteiger partial charge in [0, 0.05) is 47.7 Å². The molecule has 49 heavy (non-hydrogen) atoms. The Bertz CT molecular complexity index is 1320. The van der Waals surface area contributed by atoms with Gasteiger partial charge in [0.1, 0.15) is 36.8 Å². The van der Waals surface area contributed by atoms with Crippen molar-refractivity contribution in [3.05, 3.63) is 11.6 Å². The minimum atomic E-state index is -1.58. The topological polar surface area (TPSA) is 202 Å². The number of carbonyl (C=O) groups is 2. The zero-order valence-electron chi connectivity index (χ0n) is 28.7. The summed E-state index contributed by atoms with van der Waals surface area (Å²) in [6.07, 6.45) is -1.45. The first-order valence-corrected chi connectivity index (χ1v) is 18.2. The third-order valence-electron chi connectivity index (χ3n) is 14.2. The lowest BCUT2D eigenvalue weighted by Gasteiger charge is -2.68. The highest BCUT2D eigenvalue weighted by Crippen LogP contribution is 2.71. The lowest BCUT2D eigenvalue weighted by molar-refractivity contribution is -0.342. The van der Waals surface area contributed by atoms with Gasteiger partial charge in [-0.15, -0.1) is 0 Å². The van der Waals surface area contributed by atoms with E-state index in [1.807, 2.05) is 0 Å². The molecule has 0 radical (unpaired) electrons. The molecule has 2 saturated heterocycles. The zero-order valence-corrected chi connectivity index (χ0v) is 28.7. The van der Waals surface area contributed by atoms with Crippen LogP contribution in [-0.2, 0) is 33.3 Å². The van der Waals surface area contributed by atoms with Crippen molar-refractivity contribution >= 4 is 11.8 Å². The van der Waals surface area contributed by atoms with E-state index in [-0.39, 0.29) is 43.5 Å². The van der Waals surface area contributed by atoms with Crippen LogP contribution in [0.4, 0.5) is 0 Å². The molecule has 276 valence electrons. The molecule has 0 amide bonds. The van der Waals surface area contributed by atoms with Crippen LogP contribution in [0.15, 0.2) is 11.6 Å². The van der Waals surface area contributed by atoms with Crippen molar-refractivity contribution in [1.82, 2.24) is 0 Å². The van der Waals surface area contributed by atoms with Gasteiger partial charge in [-0.25, -0.2) is 4.79 Å². The smallest absolute Gasteiger partial charge is 0.331 e. The van der Waals surface area contributed by atoms with Crippen LogP contribution in [0.3, 0.4) is 0 Å².